The van der Waals surface area contributed by atoms with E-state index in [1.54, 1.807) is 30.1 Å². The van der Waals surface area contributed by atoms with Crippen LogP contribution >= 0.6 is 11.6 Å². The molecule has 3 aromatic rings. The van der Waals surface area contributed by atoms with Gasteiger partial charge in [0.25, 0.3) is 0 Å². The predicted octanol–water partition coefficient (Wildman–Crippen LogP) is 4.41. The molecule has 3 aromatic carbocycles. The molecule has 0 aliphatic rings. The van der Waals surface area contributed by atoms with Crippen molar-refractivity contribution < 1.29 is 14.0 Å². The topological polar surface area (TPSA) is 49.4 Å². The zero-order valence-corrected chi connectivity index (χ0v) is 18.0. The summed E-state index contributed by atoms with van der Waals surface area (Å²) >= 11 is 6.35. The number of carbonyl (C=O) groups excluding carboxylic acids is 2. The maximum Gasteiger partial charge on any atom is 0.242 e. The monoisotopic (exact) mass is 438 g/mol. The van der Waals surface area contributed by atoms with E-state index in [1.807, 2.05) is 48.5 Å². The van der Waals surface area contributed by atoms with Crippen molar-refractivity contribution in [3.8, 4) is 0 Å². The first-order valence-electron chi connectivity index (χ1n) is 10.0. The molecule has 1 N–H and O–H groups in total. The highest BCUT2D eigenvalue weighted by Gasteiger charge is 2.30. The first-order valence-corrected chi connectivity index (χ1v) is 10.4. The summed E-state index contributed by atoms with van der Waals surface area (Å²) in [6.45, 7) is 0.185. The Kier molecular flexibility index (Phi) is 7.79. The number of likely N-dealkylation sites (N-methyl/N-ethyl adjacent to an activating group) is 1. The van der Waals surface area contributed by atoms with Crippen molar-refractivity contribution in [3.63, 3.8) is 0 Å². The molecule has 0 fully saturated rings. The van der Waals surface area contributed by atoms with Gasteiger partial charge in [-0.2, -0.15) is 0 Å². The molecule has 1 atom stereocenters. The Bertz CT molecular complexity index is 1030. The molecule has 31 heavy (non-hydrogen) atoms. The lowest BCUT2D eigenvalue weighted by Gasteiger charge is -2.31. The van der Waals surface area contributed by atoms with Gasteiger partial charge in [0.2, 0.25) is 11.8 Å². The van der Waals surface area contributed by atoms with E-state index in [4.69, 9.17) is 11.6 Å². The van der Waals surface area contributed by atoms with Crippen LogP contribution in [0.15, 0.2) is 78.9 Å². The molecule has 6 heteroatoms. The van der Waals surface area contributed by atoms with Crippen LogP contribution in [0.4, 0.5) is 4.39 Å². The van der Waals surface area contributed by atoms with Crippen LogP contribution in [0.1, 0.15) is 16.7 Å². The summed E-state index contributed by atoms with van der Waals surface area (Å²) in [7, 11) is 1.55. The van der Waals surface area contributed by atoms with Gasteiger partial charge in [0.15, 0.2) is 0 Å². The normalized spacial score (nSPS) is 11.6. The molecule has 0 bridgehead atoms. The fourth-order valence-electron chi connectivity index (χ4n) is 3.41. The first kappa shape index (κ1) is 22.5. The van der Waals surface area contributed by atoms with Crippen molar-refractivity contribution >= 4 is 23.4 Å². The Balaban J connectivity index is 1.94. The summed E-state index contributed by atoms with van der Waals surface area (Å²) in [5.74, 6) is -0.865. The van der Waals surface area contributed by atoms with Crippen LogP contribution in [0.5, 0.6) is 0 Å². The zero-order chi connectivity index (χ0) is 22.2. The summed E-state index contributed by atoms with van der Waals surface area (Å²) in [6.07, 6.45) is 0.410. The fraction of sp³-hybridized carbons (Fsp3) is 0.200. The van der Waals surface area contributed by atoms with Crippen LogP contribution in [-0.2, 0) is 29.0 Å². The van der Waals surface area contributed by atoms with Crippen molar-refractivity contribution in [1.29, 1.82) is 0 Å². The summed E-state index contributed by atoms with van der Waals surface area (Å²) in [6, 6.07) is 21.9. The van der Waals surface area contributed by atoms with Crippen molar-refractivity contribution in [3.05, 3.63) is 106 Å². The molecule has 0 aromatic heterocycles. The number of nitrogens with zero attached hydrogens (tertiary/aromatic N) is 1. The second-order valence-corrected chi connectivity index (χ2v) is 7.64. The van der Waals surface area contributed by atoms with Crippen LogP contribution in [0.2, 0.25) is 5.02 Å². The molecule has 4 nitrogen and oxygen atoms in total. The second-order valence-electron chi connectivity index (χ2n) is 7.24. The van der Waals surface area contributed by atoms with Crippen LogP contribution in [-0.4, -0.2) is 29.8 Å². The van der Waals surface area contributed by atoms with Gasteiger partial charge >= 0.3 is 0 Å². The Morgan fingerprint density at radius 1 is 0.935 bits per heavy atom. The van der Waals surface area contributed by atoms with Gasteiger partial charge in [0, 0.05) is 25.0 Å². The molecule has 2 amide bonds. The molecular formula is C25H24ClFN2O2. The third-order valence-corrected chi connectivity index (χ3v) is 5.45. The van der Waals surface area contributed by atoms with E-state index in [9.17, 15) is 14.0 Å². The number of nitrogens with one attached hydrogen (secondary N) is 1. The smallest absolute Gasteiger partial charge is 0.242 e. The molecule has 0 saturated heterocycles. The van der Waals surface area contributed by atoms with Crippen LogP contribution in [0.25, 0.3) is 0 Å². The van der Waals surface area contributed by atoms with Gasteiger partial charge in [0.05, 0.1) is 6.42 Å². The highest BCUT2D eigenvalue weighted by molar-refractivity contribution is 6.31. The third-order valence-electron chi connectivity index (χ3n) is 5.08. The number of halogens is 2. The maximum atomic E-state index is 13.4. The first-order chi connectivity index (χ1) is 15.0. The second kappa shape index (κ2) is 10.7. The number of hydrogen-bond donors (Lipinski definition) is 1. The van der Waals surface area contributed by atoms with E-state index in [0.717, 1.165) is 11.1 Å². The van der Waals surface area contributed by atoms with Gasteiger partial charge in [-0.05, 0) is 34.9 Å². The van der Waals surface area contributed by atoms with Crippen LogP contribution < -0.4 is 5.32 Å². The highest BCUT2D eigenvalue weighted by Crippen LogP contribution is 2.21. The summed E-state index contributed by atoms with van der Waals surface area (Å²) < 4.78 is 13.3. The number of rotatable bonds is 8. The van der Waals surface area contributed by atoms with Gasteiger partial charge in [0.1, 0.15) is 11.9 Å². The molecule has 0 aliphatic carbocycles. The molecule has 0 heterocycles. The molecule has 0 unspecified atom stereocenters. The van der Waals surface area contributed by atoms with E-state index in [-0.39, 0.29) is 30.6 Å². The number of carbonyl (C=O) groups is 2. The highest BCUT2D eigenvalue weighted by atomic mass is 35.5. The average Bonchev–Trinajstić information content (AvgIpc) is 2.79. The Morgan fingerprint density at radius 2 is 1.58 bits per heavy atom. The van der Waals surface area contributed by atoms with Crippen LogP contribution in [0.3, 0.4) is 0 Å². The summed E-state index contributed by atoms with van der Waals surface area (Å²) in [4.78, 5) is 27.8. The van der Waals surface area contributed by atoms with Crippen molar-refractivity contribution in [2.24, 2.45) is 0 Å². The third kappa shape index (κ3) is 6.15. The van der Waals surface area contributed by atoms with E-state index in [0.29, 0.717) is 17.0 Å². The summed E-state index contributed by atoms with van der Waals surface area (Å²) in [5.41, 5.74) is 2.36. The van der Waals surface area contributed by atoms with E-state index in [2.05, 4.69) is 5.32 Å². The number of amides is 2. The largest absolute Gasteiger partial charge is 0.357 e. The van der Waals surface area contributed by atoms with Gasteiger partial charge in [-0.25, -0.2) is 4.39 Å². The minimum atomic E-state index is -0.725. The van der Waals surface area contributed by atoms with E-state index < -0.39 is 6.04 Å². The predicted molar refractivity (Wildman–Crippen MR) is 120 cm³/mol. The van der Waals surface area contributed by atoms with Crippen molar-refractivity contribution in [2.45, 2.75) is 25.4 Å². The van der Waals surface area contributed by atoms with Gasteiger partial charge in [-0.3, -0.25) is 9.59 Å². The zero-order valence-electron chi connectivity index (χ0n) is 17.2. The van der Waals surface area contributed by atoms with Gasteiger partial charge in [-0.1, -0.05) is 72.3 Å². The average molecular weight is 439 g/mol. The molecule has 0 saturated carbocycles. The standard InChI is InChI=1S/C25H24ClFN2O2/c1-28-25(31)23(15-18-7-3-2-4-8-18)29(17-20-9-5-6-10-22(20)26)24(30)16-19-11-13-21(27)14-12-19/h2-14,23H,15-17H2,1H3,(H,28,31)/t23-/m0/s1. The van der Waals surface area contributed by atoms with E-state index >= 15 is 0 Å². The van der Waals surface area contributed by atoms with E-state index in [1.165, 1.54) is 12.1 Å². The number of hydrogen-bond acceptors (Lipinski definition) is 2. The number of benzene rings is 3. The summed E-state index contributed by atoms with van der Waals surface area (Å²) in [5, 5.41) is 3.20. The lowest BCUT2D eigenvalue weighted by atomic mass is 10.0. The van der Waals surface area contributed by atoms with Crippen LogP contribution in [0, 0.1) is 5.82 Å². The van der Waals surface area contributed by atoms with Gasteiger partial charge < -0.3 is 10.2 Å². The fourth-order valence-corrected chi connectivity index (χ4v) is 3.60. The molecule has 0 spiro atoms. The maximum absolute atomic E-state index is 13.4. The minimum Gasteiger partial charge on any atom is -0.357 e. The Morgan fingerprint density at radius 3 is 2.23 bits per heavy atom. The Labute approximate surface area is 186 Å². The quantitative estimate of drug-likeness (QED) is 0.566. The van der Waals surface area contributed by atoms with Crippen molar-refractivity contribution in [1.82, 2.24) is 10.2 Å². The molecular weight excluding hydrogens is 415 g/mol. The lowest BCUT2D eigenvalue weighted by molar-refractivity contribution is -0.140. The SMILES string of the molecule is CNC(=O)[C@H](Cc1ccccc1)N(Cc1ccccc1Cl)C(=O)Cc1ccc(F)cc1. The minimum absolute atomic E-state index is 0.0486. The Hall–Kier alpha value is -3.18. The molecule has 0 aliphatic heterocycles. The molecule has 160 valence electrons. The lowest BCUT2D eigenvalue weighted by Crippen LogP contribution is -2.50. The molecule has 3 rings (SSSR count). The molecule has 0 radical (unpaired) electrons. The van der Waals surface area contributed by atoms with Gasteiger partial charge in [-0.15, -0.1) is 0 Å². The van der Waals surface area contributed by atoms with Crippen molar-refractivity contribution in [2.75, 3.05) is 7.05 Å².